The molecule has 0 spiro atoms. The lowest BCUT2D eigenvalue weighted by atomic mass is 10.1. The number of nitrogens with one attached hydrogen (secondary N) is 1. The highest BCUT2D eigenvalue weighted by molar-refractivity contribution is 7.89. The second-order valence-corrected chi connectivity index (χ2v) is 7.54. The molecule has 7 nitrogen and oxygen atoms in total. The molecule has 2 aromatic carbocycles. The van der Waals surface area contributed by atoms with Crippen molar-refractivity contribution in [3.63, 3.8) is 0 Å². The van der Waals surface area contributed by atoms with Crippen molar-refractivity contribution in [2.24, 2.45) is 5.14 Å². The van der Waals surface area contributed by atoms with Crippen LogP contribution in [-0.4, -0.2) is 27.7 Å². The van der Waals surface area contributed by atoms with Gasteiger partial charge >= 0.3 is 0 Å². The Kier molecular flexibility index (Phi) is 5.43. The molecule has 0 saturated carbocycles. The highest BCUT2D eigenvalue weighted by atomic mass is 32.2. The first-order valence-corrected chi connectivity index (χ1v) is 9.73. The van der Waals surface area contributed by atoms with Gasteiger partial charge in [0.2, 0.25) is 22.7 Å². The Morgan fingerprint density at radius 1 is 1.00 bits per heavy atom. The van der Waals surface area contributed by atoms with Crippen molar-refractivity contribution < 1.29 is 22.7 Å². The SMILES string of the molecule is NS(=O)(=O)c1ccc(CCNC(=O)CCc2ccc3c(c2)OCO3)cc1. The molecule has 1 heterocycles. The highest BCUT2D eigenvalue weighted by Gasteiger charge is 2.13. The lowest BCUT2D eigenvalue weighted by molar-refractivity contribution is -0.121. The van der Waals surface area contributed by atoms with Crippen LogP contribution in [0.15, 0.2) is 47.4 Å². The molecule has 0 atom stereocenters. The van der Waals surface area contributed by atoms with Gasteiger partial charge in [0.15, 0.2) is 11.5 Å². The molecule has 1 amide bonds. The Balaban J connectivity index is 1.41. The third kappa shape index (κ3) is 4.74. The van der Waals surface area contributed by atoms with Crippen LogP contribution in [0.1, 0.15) is 17.5 Å². The third-order valence-electron chi connectivity index (χ3n) is 4.07. The number of carbonyl (C=O) groups excluding carboxylic acids is 1. The number of sulfonamides is 1. The largest absolute Gasteiger partial charge is 0.454 e. The van der Waals surface area contributed by atoms with Gasteiger partial charge in [-0.05, 0) is 48.2 Å². The predicted molar refractivity (Wildman–Crippen MR) is 95.4 cm³/mol. The number of amides is 1. The zero-order chi connectivity index (χ0) is 18.6. The van der Waals surface area contributed by atoms with Gasteiger partial charge in [-0.3, -0.25) is 4.79 Å². The highest BCUT2D eigenvalue weighted by Crippen LogP contribution is 2.32. The van der Waals surface area contributed by atoms with Crippen molar-refractivity contribution in [3.8, 4) is 11.5 Å². The Hall–Kier alpha value is -2.58. The Morgan fingerprint density at radius 3 is 2.42 bits per heavy atom. The van der Waals surface area contributed by atoms with E-state index >= 15 is 0 Å². The van der Waals surface area contributed by atoms with Crippen LogP contribution in [0.4, 0.5) is 0 Å². The van der Waals surface area contributed by atoms with Crippen LogP contribution < -0.4 is 19.9 Å². The number of primary sulfonamides is 1. The van der Waals surface area contributed by atoms with Crippen LogP contribution in [0.2, 0.25) is 0 Å². The average molecular weight is 376 g/mol. The molecule has 138 valence electrons. The first-order chi connectivity index (χ1) is 12.4. The number of hydrogen-bond acceptors (Lipinski definition) is 5. The molecule has 1 aliphatic rings. The number of aryl methyl sites for hydroxylation is 1. The topological polar surface area (TPSA) is 108 Å². The van der Waals surface area contributed by atoms with E-state index in [1.54, 1.807) is 12.1 Å². The second-order valence-electron chi connectivity index (χ2n) is 5.98. The predicted octanol–water partition coefficient (Wildman–Crippen LogP) is 1.35. The van der Waals surface area contributed by atoms with E-state index < -0.39 is 10.0 Å². The second kappa shape index (κ2) is 7.76. The molecule has 0 bridgehead atoms. The fraction of sp³-hybridized carbons (Fsp3) is 0.278. The third-order valence-corrected chi connectivity index (χ3v) is 4.99. The van der Waals surface area contributed by atoms with Crippen LogP contribution in [0.3, 0.4) is 0 Å². The fourth-order valence-corrected chi connectivity index (χ4v) is 3.15. The van der Waals surface area contributed by atoms with Gasteiger partial charge in [-0.25, -0.2) is 13.6 Å². The average Bonchev–Trinajstić information content (AvgIpc) is 3.07. The molecule has 0 fully saturated rings. The van der Waals surface area contributed by atoms with Gasteiger partial charge < -0.3 is 14.8 Å². The number of ether oxygens (including phenoxy) is 2. The van der Waals surface area contributed by atoms with Gasteiger partial charge in [0.25, 0.3) is 0 Å². The number of nitrogens with two attached hydrogens (primary N) is 1. The lowest BCUT2D eigenvalue weighted by Crippen LogP contribution is -2.25. The van der Waals surface area contributed by atoms with Crippen LogP contribution in [0, 0.1) is 0 Å². The Bertz CT molecular complexity index is 894. The molecule has 3 N–H and O–H groups in total. The van der Waals surface area contributed by atoms with Gasteiger partial charge in [0.05, 0.1) is 4.90 Å². The van der Waals surface area contributed by atoms with Crippen molar-refractivity contribution in [2.45, 2.75) is 24.2 Å². The van der Waals surface area contributed by atoms with E-state index in [-0.39, 0.29) is 17.6 Å². The van der Waals surface area contributed by atoms with Crippen molar-refractivity contribution in [2.75, 3.05) is 13.3 Å². The first kappa shape index (κ1) is 18.2. The molecular weight excluding hydrogens is 356 g/mol. The van der Waals surface area contributed by atoms with Gasteiger partial charge in [-0.15, -0.1) is 0 Å². The summed E-state index contributed by atoms with van der Waals surface area (Å²) in [6.07, 6.45) is 1.61. The van der Waals surface area contributed by atoms with Crippen LogP contribution in [0.5, 0.6) is 11.5 Å². The lowest BCUT2D eigenvalue weighted by Gasteiger charge is -2.07. The van der Waals surface area contributed by atoms with E-state index in [4.69, 9.17) is 14.6 Å². The summed E-state index contributed by atoms with van der Waals surface area (Å²) in [6, 6.07) is 12.0. The van der Waals surface area contributed by atoms with Gasteiger partial charge in [0.1, 0.15) is 0 Å². The molecule has 0 aliphatic carbocycles. The number of hydrogen-bond donors (Lipinski definition) is 2. The zero-order valence-corrected chi connectivity index (χ0v) is 14.9. The molecule has 8 heteroatoms. The maximum Gasteiger partial charge on any atom is 0.238 e. The number of fused-ring (bicyclic) bond motifs is 1. The zero-order valence-electron chi connectivity index (χ0n) is 14.1. The molecule has 2 aromatic rings. The number of rotatable bonds is 7. The van der Waals surface area contributed by atoms with E-state index in [0.717, 1.165) is 16.9 Å². The summed E-state index contributed by atoms with van der Waals surface area (Å²) in [5, 5.41) is 7.92. The summed E-state index contributed by atoms with van der Waals surface area (Å²) in [5.41, 5.74) is 1.94. The van der Waals surface area contributed by atoms with E-state index in [1.165, 1.54) is 12.1 Å². The molecule has 3 rings (SSSR count). The van der Waals surface area contributed by atoms with Crippen LogP contribution in [-0.2, 0) is 27.7 Å². The van der Waals surface area contributed by atoms with Gasteiger partial charge in [-0.2, -0.15) is 0 Å². The van der Waals surface area contributed by atoms with Crippen molar-refractivity contribution >= 4 is 15.9 Å². The summed E-state index contributed by atoms with van der Waals surface area (Å²) in [6.45, 7) is 0.714. The monoisotopic (exact) mass is 376 g/mol. The summed E-state index contributed by atoms with van der Waals surface area (Å²) < 4.78 is 33.0. The molecule has 26 heavy (non-hydrogen) atoms. The minimum atomic E-state index is -3.68. The van der Waals surface area contributed by atoms with E-state index in [2.05, 4.69) is 5.32 Å². The van der Waals surface area contributed by atoms with Gasteiger partial charge in [0, 0.05) is 13.0 Å². The minimum Gasteiger partial charge on any atom is -0.454 e. The molecule has 0 saturated heterocycles. The smallest absolute Gasteiger partial charge is 0.238 e. The summed E-state index contributed by atoms with van der Waals surface area (Å²) in [4.78, 5) is 12.0. The minimum absolute atomic E-state index is 0.0381. The van der Waals surface area contributed by atoms with Crippen LogP contribution >= 0.6 is 0 Å². The van der Waals surface area contributed by atoms with E-state index in [1.807, 2.05) is 18.2 Å². The van der Waals surface area contributed by atoms with E-state index in [9.17, 15) is 13.2 Å². The van der Waals surface area contributed by atoms with Crippen LogP contribution in [0.25, 0.3) is 0 Å². The quantitative estimate of drug-likeness (QED) is 0.758. The number of carbonyl (C=O) groups is 1. The fourth-order valence-electron chi connectivity index (χ4n) is 2.63. The molecule has 0 radical (unpaired) electrons. The van der Waals surface area contributed by atoms with Crippen molar-refractivity contribution in [1.29, 1.82) is 0 Å². The van der Waals surface area contributed by atoms with Crippen molar-refractivity contribution in [3.05, 3.63) is 53.6 Å². The standard InChI is InChI=1S/C18H20N2O5S/c19-26(22,23)15-5-1-13(2-6-15)9-10-20-18(21)8-4-14-3-7-16-17(11-14)25-12-24-16/h1-3,5-7,11H,4,8-10,12H2,(H,20,21)(H2,19,22,23). The van der Waals surface area contributed by atoms with E-state index in [0.29, 0.717) is 31.6 Å². The molecular formula is C18H20N2O5S. The summed E-state index contributed by atoms with van der Waals surface area (Å²) in [7, 11) is -3.68. The van der Waals surface area contributed by atoms with Gasteiger partial charge in [-0.1, -0.05) is 18.2 Å². The molecule has 0 unspecified atom stereocenters. The maximum atomic E-state index is 12.0. The molecule has 0 aromatic heterocycles. The Morgan fingerprint density at radius 2 is 1.69 bits per heavy atom. The Labute approximate surface area is 152 Å². The molecule has 1 aliphatic heterocycles. The normalized spacial score (nSPS) is 12.8. The first-order valence-electron chi connectivity index (χ1n) is 8.19. The summed E-state index contributed by atoms with van der Waals surface area (Å²) in [5.74, 6) is 1.40. The number of benzene rings is 2. The summed E-state index contributed by atoms with van der Waals surface area (Å²) >= 11 is 0. The maximum absolute atomic E-state index is 12.0. The van der Waals surface area contributed by atoms with Crippen molar-refractivity contribution in [1.82, 2.24) is 5.32 Å².